The van der Waals surface area contributed by atoms with E-state index in [2.05, 4.69) is 20.4 Å². The topological polar surface area (TPSA) is 0 Å². The zero-order chi connectivity index (χ0) is 8.32. The van der Waals surface area contributed by atoms with Crippen molar-refractivity contribution >= 4 is 0 Å². The Kier molecular flexibility index (Phi) is 2.75. The van der Waals surface area contributed by atoms with Gasteiger partial charge in [0, 0.05) is 0 Å². The van der Waals surface area contributed by atoms with Crippen molar-refractivity contribution in [3.8, 4) is 0 Å². The number of rotatable bonds is 2. The molecular weight excluding hydrogens is 132 g/mol. The molecule has 0 radical (unpaired) electrons. The predicted molar refractivity (Wildman–Crippen MR) is 50.6 cm³/mol. The Bertz CT molecular complexity index is 134. The summed E-state index contributed by atoms with van der Waals surface area (Å²) in [6.45, 7) is 8.76. The summed E-state index contributed by atoms with van der Waals surface area (Å²) in [5.74, 6) is 0. The molecule has 0 saturated heterocycles. The smallest absolute Gasteiger partial charge is 0.0318 e. The van der Waals surface area contributed by atoms with E-state index in [-0.39, 0.29) is 0 Å². The maximum atomic E-state index is 4.04. The van der Waals surface area contributed by atoms with Crippen molar-refractivity contribution < 1.29 is 0 Å². The standard InChI is InChI=1S/C11H20/c1-4-7-11(3)8-5-10(2)6-9-11/h2,4-9H2,1,3H3. The van der Waals surface area contributed by atoms with E-state index >= 15 is 0 Å². The van der Waals surface area contributed by atoms with Crippen LogP contribution in [0, 0.1) is 5.41 Å². The molecule has 0 N–H and O–H groups in total. The molecule has 0 aromatic heterocycles. The van der Waals surface area contributed by atoms with Gasteiger partial charge in [-0.15, -0.1) is 0 Å². The molecule has 1 aliphatic rings. The van der Waals surface area contributed by atoms with Crippen LogP contribution in [0.3, 0.4) is 0 Å². The van der Waals surface area contributed by atoms with Gasteiger partial charge in [-0.25, -0.2) is 0 Å². The summed E-state index contributed by atoms with van der Waals surface area (Å²) >= 11 is 0. The Hall–Kier alpha value is -0.260. The summed E-state index contributed by atoms with van der Waals surface area (Å²) in [4.78, 5) is 0. The SMILES string of the molecule is C=C1CCC(C)(CCC)CC1. The zero-order valence-corrected chi connectivity index (χ0v) is 7.95. The fourth-order valence-corrected chi connectivity index (χ4v) is 2.06. The van der Waals surface area contributed by atoms with Gasteiger partial charge in [0.25, 0.3) is 0 Å². The molecule has 1 fully saturated rings. The third-order valence-corrected chi connectivity index (χ3v) is 3.02. The third-order valence-electron chi connectivity index (χ3n) is 3.02. The van der Waals surface area contributed by atoms with Crippen LogP contribution in [0.25, 0.3) is 0 Å². The molecule has 0 aliphatic heterocycles. The van der Waals surface area contributed by atoms with E-state index in [1.165, 1.54) is 44.1 Å². The van der Waals surface area contributed by atoms with Gasteiger partial charge in [0.05, 0.1) is 0 Å². The molecule has 1 aliphatic carbocycles. The lowest BCUT2D eigenvalue weighted by molar-refractivity contribution is 0.224. The van der Waals surface area contributed by atoms with Crippen LogP contribution < -0.4 is 0 Å². The molecule has 0 unspecified atom stereocenters. The summed E-state index contributed by atoms with van der Waals surface area (Å²) in [5, 5.41) is 0. The van der Waals surface area contributed by atoms with Gasteiger partial charge in [-0.2, -0.15) is 0 Å². The first kappa shape index (κ1) is 8.83. The van der Waals surface area contributed by atoms with Crippen LogP contribution in [0.4, 0.5) is 0 Å². The van der Waals surface area contributed by atoms with Crippen molar-refractivity contribution in [3.63, 3.8) is 0 Å². The molecule has 11 heavy (non-hydrogen) atoms. The molecule has 0 amide bonds. The maximum Gasteiger partial charge on any atom is -0.0318 e. The second-order valence-corrected chi connectivity index (χ2v) is 4.31. The van der Waals surface area contributed by atoms with Crippen LogP contribution in [0.2, 0.25) is 0 Å². The molecular formula is C11H20. The van der Waals surface area contributed by atoms with Gasteiger partial charge < -0.3 is 0 Å². The first-order valence-corrected chi connectivity index (χ1v) is 4.83. The minimum atomic E-state index is 0.649. The second-order valence-electron chi connectivity index (χ2n) is 4.31. The molecule has 64 valence electrons. The summed E-state index contributed by atoms with van der Waals surface area (Å²) in [6, 6.07) is 0. The second kappa shape index (κ2) is 3.42. The van der Waals surface area contributed by atoms with Gasteiger partial charge in [0.1, 0.15) is 0 Å². The Morgan fingerprint density at radius 1 is 1.36 bits per heavy atom. The van der Waals surface area contributed by atoms with Crippen LogP contribution in [-0.4, -0.2) is 0 Å². The zero-order valence-electron chi connectivity index (χ0n) is 7.95. The van der Waals surface area contributed by atoms with E-state index in [0.29, 0.717) is 5.41 Å². The van der Waals surface area contributed by atoms with Crippen LogP contribution in [0.15, 0.2) is 12.2 Å². The fraction of sp³-hybridized carbons (Fsp3) is 0.818. The quantitative estimate of drug-likeness (QED) is 0.526. The Labute approximate surface area is 70.7 Å². The lowest BCUT2D eigenvalue weighted by Crippen LogP contribution is -2.20. The van der Waals surface area contributed by atoms with Crippen LogP contribution >= 0.6 is 0 Å². The molecule has 1 rings (SSSR count). The Balaban J connectivity index is 2.41. The molecule has 0 aromatic rings. The number of hydrogen-bond acceptors (Lipinski definition) is 0. The van der Waals surface area contributed by atoms with Crippen LogP contribution in [-0.2, 0) is 0 Å². The lowest BCUT2D eigenvalue weighted by Gasteiger charge is -2.34. The molecule has 0 atom stereocenters. The van der Waals surface area contributed by atoms with Crippen molar-refractivity contribution in [2.45, 2.75) is 52.4 Å². The minimum Gasteiger partial charge on any atom is -0.0999 e. The maximum absolute atomic E-state index is 4.04. The first-order chi connectivity index (χ1) is 5.16. The highest BCUT2D eigenvalue weighted by molar-refractivity contribution is 5.01. The Morgan fingerprint density at radius 2 is 1.91 bits per heavy atom. The van der Waals surface area contributed by atoms with Crippen LogP contribution in [0.5, 0.6) is 0 Å². The van der Waals surface area contributed by atoms with E-state index in [1.807, 2.05) is 0 Å². The minimum absolute atomic E-state index is 0.649. The fourth-order valence-electron chi connectivity index (χ4n) is 2.06. The summed E-state index contributed by atoms with van der Waals surface area (Å²) in [7, 11) is 0. The molecule has 0 aromatic carbocycles. The van der Waals surface area contributed by atoms with Gasteiger partial charge >= 0.3 is 0 Å². The number of allylic oxidation sites excluding steroid dienone is 1. The normalized spacial score (nSPS) is 23.6. The third kappa shape index (κ3) is 2.36. The molecule has 0 spiro atoms. The molecule has 0 bridgehead atoms. The largest absolute Gasteiger partial charge is 0.0999 e. The molecule has 0 heterocycles. The van der Waals surface area contributed by atoms with E-state index in [9.17, 15) is 0 Å². The van der Waals surface area contributed by atoms with Crippen molar-refractivity contribution in [2.75, 3.05) is 0 Å². The van der Waals surface area contributed by atoms with Crippen molar-refractivity contribution in [1.29, 1.82) is 0 Å². The lowest BCUT2D eigenvalue weighted by atomic mass is 9.72. The molecule has 0 nitrogen and oxygen atoms in total. The van der Waals surface area contributed by atoms with Crippen molar-refractivity contribution in [1.82, 2.24) is 0 Å². The summed E-state index contributed by atoms with van der Waals surface area (Å²) in [6.07, 6.45) is 8.04. The van der Waals surface area contributed by atoms with Crippen LogP contribution in [0.1, 0.15) is 52.4 Å². The highest BCUT2D eigenvalue weighted by Crippen LogP contribution is 2.40. The summed E-state index contributed by atoms with van der Waals surface area (Å²) in [5.41, 5.74) is 2.12. The number of hydrogen-bond donors (Lipinski definition) is 0. The average molecular weight is 152 g/mol. The highest BCUT2D eigenvalue weighted by Gasteiger charge is 2.26. The van der Waals surface area contributed by atoms with Gasteiger partial charge in [-0.3, -0.25) is 0 Å². The first-order valence-electron chi connectivity index (χ1n) is 4.83. The molecule has 0 heteroatoms. The highest BCUT2D eigenvalue weighted by atomic mass is 14.3. The summed E-state index contributed by atoms with van der Waals surface area (Å²) < 4.78 is 0. The van der Waals surface area contributed by atoms with E-state index < -0.39 is 0 Å². The van der Waals surface area contributed by atoms with Crippen molar-refractivity contribution in [3.05, 3.63) is 12.2 Å². The van der Waals surface area contributed by atoms with E-state index in [0.717, 1.165) is 0 Å². The molecule has 1 saturated carbocycles. The predicted octanol–water partition coefficient (Wildman–Crippen LogP) is 3.92. The average Bonchev–Trinajstić information content (AvgIpc) is 1.97. The van der Waals surface area contributed by atoms with E-state index in [1.54, 1.807) is 0 Å². The van der Waals surface area contributed by atoms with Gasteiger partial charge in [-0.1, -0.05) is 32.4 Å². The van der Waals surface area contributed by atoms with Gasteiger partial charge in [0.2, 0.25) is 0 Å². The Morgan fingerprint density at radius 3 is 2.36 bits per heavy atom. The van der Waals surface area contributed by atoms with E-state index in [4.69, 9.17) is 0 Å². The van der Waals surface area contributed by atoms with Gasteiger partial charge in [-0.05, 0) is 37.5 Å². The van der Waals surface area contributed by atoms with Crippen molar-refractivity contribution in [2.24, 2.45) is 5.41 Å². The van der Waals surface area contributed by atoms with Gasteiger partial charge in [0.15, 0.2) is 0 Å². The monoisotopic (exact) mass is 152 g/mol.